The maximum absolute atomic E-state index is 12.4. The molecule has 6 heteroatoms. The number of nitrogens with zero attached hydrogens (tertiary/aromatic N) is 1. The highest BCUT2D eigenvalue weighted by molar-refractivity contribution is 5.94. The quantitative estimate of drug-likeness (QED) is 0.765. The minimum Gasteiger partial charge on any atom is -0.347 e. The first kappa shape index (κ1) is 19.5. The van der Waals surface area contributed by atoms with Crippen LogP contribution in [0.15, 0.2) is 24.3 Å². The summed E-state index contributed by atoms with van der Waals surface area (Å²) in [6.07, 6.45) is 1.99. The van der Waals surface area contributed by atoms with Crippen LogP contribution in [0.1, 0.15) is 60.1 Å². The second-order valence-electron chi connectivity index (χ2n) is 7.07. The molecular weight excluding hydrogens is 336 g/mol. The Balaban J connectivity index is 0.00000225. The molecule has 136 valence electrons. The fourth-order valence-electron chi connectivity index (χ4n) is 2.96. The Kier molecular flexibility index (Phi) is 6.25. The third-order valence-electron chi connectivity index (χ3n) is 5.09. The van der Waals surface area contributed by atoms with E-state index in [0.29, 0.717) is 18.8 Å². The summed E-state index contributed by atoms with van der Waals surface area (Å²) in [6, 6.07) is 8.50. The van der Waals surface area contributed by atoms with Crippen molar-refractivity contribution in [1.29, 1.82) is 0 Å². The van der Waals surface area contributed by atoms with E-state index in [-0.39, 0.29) is 23.7 Å². The molecule has 0 radical (unpaired) electrons. The van der Waals surface area contributed by atoms with E-state index >= 15 is 0 Å². The summed E-state index contributed by atoms with van der Waals surface area (Å²) in [5.74, 6) is -0.117. The molecule has 1 aromatic heterocycles. The number of halogens is 1. The van der Waals surface area contributed by atoms with Crippen molar-refractivity contribution in [2.45, 2.75) is 52.1 Å². The van der Waals surface area contributed by atoms with Crippen molar-refractivity contribution >= 4 is 18.3 Å². The van der Waals surface area contributed by atoms with Gasteiger partial charge in [0.2, 0.25) is 0 Å². The first-order valence-corrected chi connectivity index (χ1v) is 8.65. The zero-order valence-electron chi connectivity index (χ0n) is 15.1. The van der Waals surface area contributed by atoms with Gasteiger partial charge in [0.1, 0.15) is 0 Å². The number of nitrogens with one attached hydrogen (secondary N) is 3. The van der Waals surface area contributed by atoms with Gasteiger partial charge in [0, 0.05) is 37.3 Å². The molecule has 1 amide bonds. The highest BCUT2D eigenvalue weighted by atomic mass is 35.5. The molecule has 1 aromatic carbocycles. The van der Waals surface area contributed by atoms with Crippen molar-refractivity contribution < 1.29 is 4.79 Å². The van der Waals surface area contributed by atoms with Crippen LogP contribution >= 0.6 is 12.4 Å². The summed E-state index contributed by atoms with van der Waals surface area (Å²) in [4.78, 5) is 12.4. The summed E-state index contributed by atoms with van der Waals surface area (Å²) in [6.45, 7) is 8.84. The van der Waals surface area contributed by atoms with Crippen LogP contribution in [0.25, 0.3) is 0 Å². The molecule has 0 unspecified atom stereocenters. The van der Waals surface area contributed by atoms with Gasteiger partial charge in [-0.15, -0.1) is 12.4 Å². The van der Waals surface area contributed by atoms with Gasteiger partial charge in [0.25, 0.3) is 5.91 Å². The van der Waals surface area contributed by atoms with Gasteiger partial charge in [-0.1, -0.05) is 45.0 Å². The third kappa shape index (κ3) is 4.22. The average Bonchev–Trinajstić information content (AvgIpc) is 3.04. The first-order valence-electron chi connectivity index (χ1n) is 8.65. The Bertz CT molecular complexity index is 722. The summed E-state index contributed by atoms with van der Waals surface area (Å²) in [7, 11) is 0. The van der Waals surface area contributed by atoms with Crippen LogP contribution in [0.5, 0.6) is 0 Å². The monoisotopic (exact) mass is 362 g/mol. The van der Waals surface area contributed by atoms with Crippen LogP contribution in [-0.2, 0) is 24.9 Å². The van der Waals surface area contributed by atoms with Crippen molar-refractivity contribution in [3.05, 3.63) is 52.3 Å². The van der Waals surface area contributed by atoms with E-state index in [2.05, 4.69) is 65.9 Å². The number of hydrogen-bond acceptors (Lipinski definition) is 3. The van der Waals surface area contributed by atoms with E-state index in [1.165, 1.54) is 5.56 Å². The summed E-state index contributed by atoms with van der Waals surface area (Å²) >= 11 is 0. The molecule has 0 fully saturated rings. The molecule has 0 atom stereocenters. The van der Waals surface area contributed by atoms with Crippen LogP contribution in [-0.4, -0.2) is 22.6 Å². The molecule has 2 heterocycles. The van der Waals surface area contributed by atoms with Crippen LogP contribution < -0.4 is 10.6 Å². The van der Waals surface area contributed by atoms with Crippen LogP contribution in [0.4, 0.5) is 0 Å². The average molecular weight is 363 g/mol. The van der Waals surface area contributed by atoms with Gasteiger partial charge in [-0.25, -0.2) is 0 Å². The second-order valence-corrected chi connectivity index (χ2v) is 7.07. The van der Waals surface area contributed by atoms with Gasteiger partial charge in [0.15, 0.2) is 5.69 Å². The third-order valence-corrected chi connectivity index (χ3v) is 5.09. The molecule has 25 heavy (non-hydrogen) atoms. The van der Waals surface area contributed by atoms with Gasteiger partial charge >= 0.3 is 0 Å². The van der Waals surface area contributed by atoms with E-state index in [0.717, 1.165) is 36.2 Å². The number of benzene rings is 1. The number of aromatic amines is 1. The molecule has 0 bridgehead atoms. The molecular formula is C19H27ClN4O. The Morgan fingerprint density at radius 2 is 2.00 bits per heavy atom. The highest BCUT2D eigenvalue weighted by Gasteiger charge is 2.21. The maximum atomic E-state index is 12.4. The van der Waals surface area contributed by atoms with Gasteiger partial charge in [-0.05, 0) is 23.0 Å². The smallest absolute Gasteiger partial charge is 0.272 e. The molecule has 1 aliphatic rings. The van der Waals surface area contributed by atoms with E-state index in [1.54, 1.807) is 0 Å². The lowest BCUT2D eigenvalue weighted by molar-refractivity contribution is 0.0944. The van der Waals surface area contributed by atoms with Crippen LogP contribution in [0.2, 0.25) is 0 Å². The SMILES string of the molecule is CCC(C)(C)c1ccc(CNC(=O)c2n[nH]c3c2CNCC3)cc1.Cl. The summed E-state index contributed by atoms with van der Waals surface area (Å²) in [5.41, 5.74) is 5.20. The van der Waals surface area contributed by atoms with Gasteiger partial charge in [-0.3, -0.25) is 9.89 Å². The fraction of sp³-hybridized carbons (Fsp3) is 0.474. The Morgan fingerprint density at radius 3 is 2.68 bits per heavy atom. The molecule has 0 saturated carbocycles. The van der Waals surface area contributed by atoms with E-state index in [1.807, 2.05) is 0 Å². The number of hydrogen-bond donors (Lipinski definition) is 3. The molecule has 3 N–H and O–H groups in total. The molecule has 2 aromatic rings. The highest BCUT2D eigenvalue weighted by Crippen LogP contribution is 2.26. The number of carbonyl (C=O) groups is 1. The standard InChI is InChI=1S/C19H26N4O.ClH/c1-4-19(2,3)14-7-5-13(6-8-14)11-21-18(24)17-15-12-20-10-9-16(15)22-23-17;/h5-8,20H,4,9-12H2,1-3H3,(H,21,24)(H,22,23);1H. The van der Waals surface area contributed by atoms with Crippen molar-refractivity contribution in [3.63, 3.8) is 0 Å². The van der Waals surface area contributed by atoms with E-state index < -0.39 is 0 Å². The minimum atomic E-state index is -0.117. The number of H-pyrrole nitrogens is 1. The number of amides is 1. The van der Waals surface area contributed by atoms with E-state index in [4.69, 9.17) is 0 Å². The topological polar surface area (TPSA) is 69.8 Å². The van der Waals surface area contributed by atoms with Crippen LogP contribution in [0.3, 0.4) is 0 Å². The molecule has 0 saturated heterocycles. The molecule has 0 spiro atoms. The fourth-order valence-corrected chi connectivity index (χ4v) is 2.96. The summed E-state index contributed by atoms with van der Waals surface area (Å²) in [5, 5.41) is 13.4. The predicted octanol–water partition coefficient (Wildman–Crippen LogP) is 3.09. The number of carbonyl (C=O) groups excluding carboxylic acids is 1. The number of fused-ring (bicyclic) bond motifs is 1. The lowest BCUT2D eigenvalue weighted by atomic mass is 9.82. The van der Waals surface area contributed by atoms with E-state index in [9.17, 15) is 4.79 Å². The van der Waals surface area contributed by atoms with Gasteiger partial charge in [-0.2, -0.15) is 5.10 Å². The Morgan fingerprint density at radius 1 is 1.28 bits per heavy atom. The predicted molar refractivity (Wildman–Crippen MR) is 102 cm³/mol. The first-order chi connectivity index (χ1) is 11.5. The lowest BCUT2D eigenvalue weighted by Gasteiger charge is -2.23. The number of aromatic nitrogens is 2. The van der Waals surface area contributed by atoms with Crippen molar-refractivity contribution in [2.75, 3.05) is 6.54 Å². The maximum Gasteiger partial charge on any atom is 0.272 e. The van der Waals surface area contributed by atoms with Crippen LogP contribution in [0, 0.1) is 0 Å². The van der Waals surface area contributed by atoms with Crippen molar-refractivity contribution in [1.82, 2.24) is 20.8 Å². The second kappa shape index (κ2) is 8.02. The number of rotatable bonds is 5. The van der Waals surface area contributed by atoms with Crippen molar-refractivity contribution in [3.8, 4) is 0 Å². The largest absolute Gasteiger partial charge is 0.347 e. The zero-order valence-corrected chi connectivity index (χ0v) is 15.9. The normalized spacial score (nSPS) is 13.7. The zero-order chi connectivity index (χ0) is 17.2. The summed E-state index contributed by atoms with van der Waals surface area (Å²) < 4.78 is 0. The van der Waals surface area contributed by atoms with Gasteiger partial charge in [0.05, 0.1) is 0 Å². The Labute approximate surface area is 155 Å². The molecule has 0 aliphatic carbocycles. The molecule has 5 nitrogen and oxygen atoms in total. The Hall–Kier alpha value is -1.85. The van der Waals surface area contributed by atoms with Crippen molar-refractivity contribution in [2.24, 2.45) is 0 Å². The molecule has 3 rings (SSSR count). The van der Waals surface area contributed by atoms with Gasteiger partial charge < -0.3 is 10.6 Å². The molecule has 1 aliphatic heterocycles. The minimum absolute atomic E-state index is 0. The lowest BCUT2D eigenvalue weighted by Crippen LogP contribution is -2.28.